The maximum absolute atomic E-state index is 5.50. The first-order valence-corrected chi connectivity index (χ1v) is 16.7. The maximum Gasteiger partial charge on any atom is 0.235 e. The normalized spacial score (nSPS) is 11.7. The minimum Gasteiger partial charge on any atom is -0.278 e. The average molecular weight is 624 g/mol. The third-order valence-electron chi connectivity index (χ3n) is 9.76. The molecule has 0 aliphatic rings. The Balaban J connectivity index is 1.31. The lowest BCUT2D eigenvalue weighted by molar-refractivity contribution is 1.01. The number of hydrogen-bond donors (Lipinski definition) is 0. The summed E-state index contributed by atoms with van der Waals surface area (Å²) >= 11 is 0. The van der Waals surface area contributed by atoms with E-state index in [9.17, 15) is 0 Å². The van der Waals surface area contributed by atoms with E-state index in [1.54, 1.807) is 0 Å². The lowest BCUT2D eigenvalue weighted by Gasteiger charge is -2.14. The van der Waals surface area contributed by atoms with E-state index in [0.29, 0.717) is 5.95 Å². The van der Waals surface area contributed by atoms with E-state index in [-0.39, 0.29) is 0 Å². The number of benzene rings is 8. The molecular formula is C46H29N3. The molecule has 0 saturated carbocycles. The molecule has 0 radical (unpaired) electrons. The van der Waals surface area contributed by atoms with Crippen LogP contribution in [0.1, 0.15) is 0 Å². The van der Waals surface area contributed by atoms with Gasteiger partial charge in [0, 0.05) is 21.7 Å². The summed E-state index contributed by atoms with van der Waals surface area (Å²) in [5, 5.41) is 8.35. The first-order valence-electron chi connectivity index (χ1n) is 16.7. The summed E-state index contributed by atoms with van der Waals surface area (Å²) in [5.41, 5.74) is 9.69. The molecule has 2 heterocycles. The zero-order valence-electron chi connectivity index (χ0n) is 26.6. The van der Waals surface area contributed by atoms with Crippen LogP contribution in [0.15, 0.2) is 176 Å². The van der Waals surface area contributed by atoms with E-state index in [2.05, 4.69) is 180 Å². The van der Waals surface area contributed by atoms with Crippen molar-refractivity contribution in [3.8, 4) is 39.5 Å². The Labute approximate surface area is 283 Å². The van der Waals surface area contributed by atoms with E-state index in [1.807, 2.05) is 0 Å². The number of hydrogen-bond acceptors (Lipinski definition) is 2. The average Bonchev–Trinajstić information content (AvgIpc) is 3.53. The molecule has 2 aromatic heterocycles. The molecule has 0 fully saturated rings. The van der Waals surface area contributed by atoms with Crippen LogP contribution in [0.3, 0.4) is 0 Å². The van der Waals surface area contributed by atoms with Gasteiger partial charge in [-0.2, -0.15) is 0 Å². The van der Waals surface area contributed by atoms with Crippen LogP contribution in [0, 0.1) is 0 Å². The van der Waals surface area contributed by atoms with Crippen molar-refractivity contribution < 1.29 is 0 Å². The lowest BCUT2D eigenvalue weighted by atomic mass is 9.94. The molecule has 10 rings (SSSR count). The zero-order chi connectivity index (χ0) is 32.3. The molecule has 0 aliphatic heterocycles. The Morgan fingerprint density at radius 1 is 0.347 bits per heavy atom. The highest BCUT2D eigenvalue weighted by Gasteiger charge is 2.21. The van der Waals surface area contributed by atoms with Crippen LogP contribution in [0.5, 0.6) is 0 Å². The van der Waals surface area contributed by atoms with Gasteiger partial charge in [0.05, 0.1) is 22.2 Å². The van der Waals surface area contributed by atoms with Crippen molar-refractivity contribution in [1.29, 1.82) is 0 Å². The molecule has 228 valence electrons. The van der Waals surface area contributed by atoms with E-state index in [4.69, 9.17) is 9.97 Å². The first-order chi connectivity index (χ1) is 24.3. The van der Waals surface area contributed by atoms with E-state index >= 15 is 0 Å². The molecule has 10 aromatic rings. The summed E-state index contributed by atoms with van der Waals surface area (Å²) < 4.78 is 2.26. The highest BCUT2D eigenvalue weighted by Crippen LogP contribution is 2.41. The summed E-state index contributed by atoms with van der Waals surface area (Å²) in [7, 11) is 0. The van der Waals surface area contributed by atoms with E-state index in [1.165, 1.54) is 43.4 Å². The summed E-state index contributed by atoms with van der Waals surface area (Å²) in [6, 6.07) is 62.6. The van der Waals surface area contributed by atoms with Crippen molar-refractivity contribution >= 4 is 54.3 Å². The molecule has 0 bridgehead atoms. The number of nitrogens with zero attached hydrogens (tertiary/aromatic N) is 3. The Morgan fingerprint density at radius 2 is 0.816 bits per heavy atom. The molecule has 3 nitrogen and oxygen atoms in total. The number of fused-ring (bicyclic) bond motifs is 8. The molecule has 8 aromatic carbocycles. The molecule has 49 heavy (non-hydrogen) atoms. The Kier molecular flexibility index (Phi) is 6.18. The Bertz CT molecular complexity index is 2720. The predicted molar refractivity (Wildman–Crippen MR) is 205 cm³/mol. The molecule has 0 N–H and O–H groups in total. The SMILES string of the molecule is c1ccc(-c2cc(-c3ccccc3)cc(-c3nc(-n4c5ccc6ccccc6c5c5c6ccccc6ccc54)nc4ccccc34)c2)cc1. The Morgan fingerprint density at radius 3 is 1.39 bits per heavy atom. The molecule has 0 atom stereocenters. The van der Waals surface area contributed by atoms with Crippen LogP contribution in [-0.2, 0) is 0 Å². The minimum atomic E-state index is 0.658. The second-order valence-corrected chi connectivity index (χ2v) is 12.6. The second-order valence-electron chi connectivity index (χ2n) is 12.6. The fourth-order valence-electron chi connectivity index (χ4n) is 7.51. The fourth-order valence-corrected chi connectivity index (χ4v) is 7.51. The monoisotopic (exact) mass is 623 g/mol. The van der Waals surface area contributed by atoms with Crippen molar-refractivity contribution in [3.05, 3.63) is 176 Å². The Hall–Kier alpha value is -6.58. The molecule has 0 amide bonds. The van der Waals surface area contributed by atoms with Gasteiger partial charge in [0.25, 0.3) is 0 Å². The van der Waals surface area contributed by atoms with Crippen LogP contribution < -0.4 is 0 Å². The quantitative estimate of drug-likeness (QED) is 0.195. The maximum atomic E-state index is 5.50. The largest absolute Gasteiger partial charge is 0.278 e. The fraction of sp³-hybridized carbons (Fsp3) is 0. The molecule has 0 aliphatic carbocycles. The van der Waals surface area contributed by atoms with Crippen molar-refractivity contribution in [2.45, 2.75) is 0 Å². The van der Waals surface area contributed by atoms with Gasteiger partial charge in [0.1, 0.15) is 0 Å². The van der Waals surface area contributed by atoms with Gasteiger partial charge < -0.3 is 0 Å². The topological polar surface area (TPSA) is 30.7 Å². The molecule has 3 heteroatoms. The smallest absolute Gasteiger partial charge is 0.235 e. The van der Waals surface area contributed by atoms with E-state index in [0.717, 1.165) is 44.3 Å². The van der Waals surface area contributed by atoms with Crippen LogP contribution in [0.25, 0.3) is 93.7 Å². The van der Waals surface area contributed by atoms with Crippen LogP contribution in [0.2, 0.25) is 0 Å². The standard InChI is InChI=1S/C46H29N3/c1-3-13-30(14-4-1)34-27-35(31-15-5-2-6-16-31)29-36(28-34)45-39-21-11-12-22-40(39)47-46(48-45)49-41-25-23-32-17-7-9-19-37(32)43(41)44-38-20-10-8-18-33(38)24-26-42(44)49/h1-29H. The van der Waals surface area contributed by atoms with Crippen molar-refractivity contribution in [1.82, 2.24) is 14.5 Å². The van der Waals surface area contributed by atoms with Gasteiger partial charge in [-0.25, -0.2) is 9.97 Å². The molecule has 0 saturated heterocycles. The van der Waals surface area contributed by atoms with Crippen molar-refractivity contribution in [3.63, 3.8) is 0 Å². The highest BCUT2D eigenvalue weighted by atomic mass is 15.2. The van der Waals surface area contributed by atoms with Crippen molar-refractivity contribution in [2.24, 2.45) is 0 Å². The summed E-state index contributed by atoms with van der Waals surface area (Å²) in [6.07, 6.45) is 0. The number of rotatable bonds is 4. The third kappa shape index (κ3) is 4.44. The van der Waals surface area contributed by atoms with Crippen LogP contribution in [-0.4, -0.2) is 14.5 Å². The summed E-state index contributed by atoms with van der Waals surface area (Å²) in [4.78, 5) is 10.8. The summed E-state index contributed by atoms with van der Waals surface area (Å²) in [6.45, 7) is 0. The van der Waals surface area contributed by atoms with Gasteiger partial charge >= 0.3 is 0 Å². The number of para-hydroxylation sites is 1. The highest BCUT2D eigenvalue weighted by molar-refractivity contribution is 6.28. The van der Waals surface area contributed by atoms with Gasteiger partial charge in [0.2, 0.25) is 5.95 Å². The van der Waals surface area contributed by atoms with Gasteiger partial charge in [0.15, 0.2) is 0 Å². The van der Waals surface area contributed by atoms with Gasteiger partial charge in [-0.05, 0) is 80.2 Å². The second kappa shape index (κ2) is 11.0. The zero-order valence-corrected chi connectivity index (χ0v) is 26.6. The molecule has 0 spiro atoms. The summed E-state index contributed by atoms with van der Waals surface area (Å²) in [5.74, 6) is 0.658. The first kappa shape index (κ1) is 27.5. The number of aromatic nitrogens is 3. The lowest BCUT2D eigenvalue weighted by Crippen LogP contribution is -2.03. The third-order valence-corrected chi connectivity index (χ3v) is 9.76. The van der Waals surface area contributed by atoms with Crippen molar-refractivity contribution in [2.75, 3.05) is 0 Å². The van der Waals surface area contributed by atoms with Gasteiger partial charge in [-0.15, -0.1) is 0 Å². The van der Waals surface area contributed by atoms with Gasteiger partial charge in [-0.1, -0.05) is 140 Å². The van der Waals surface area contributed by atoms with Crippen LogP contribution >= 0.6 is 0 Å². The van der Waals surface area contributed by atoms with Gasteiger partial charge in [-0.3, -0.25) is 4.57 Å². The minimum absolute atomic E-state index is 0.658. The molecular weight excluding hydrogens is 595 g/mol. The van der Waals surface area contributed by atoms with Crippen LogP contribution in [0.4, 0.5) is 0 Å². The van der Waals surface area contributed by atoms with E-state index < -0.39 is 0 Å². The molecule has 0 unspecified atom stereocenters. The predicted octanol–water partition coefficient (Wildman–Crippen LogP) is 12.0.